The average molecular weight is 408 g/mol. The van der Waals surface area contributed by atoms with E-state index in [1.807, 2.05) is 0 Å². The predicted octanol–water partition coefficient (Wildman–Crippen LogP) is 2.75. The van der Waals surface area contributed by atoms with Crippen molar-refractivity contribution in [3.05, 3.63) is 74.7 Å². The molecule has 0 aliphatic heterocycles. The van der Waals surface area contributed by atoms with Crippen LogP contribution >= 0.6 is 15.9 Å². The smallest absolute Gasteiger partial charge is 0.261 e. The van der Waals surface area contributed by atoms with E-state index in [1.165, 1.54) is 24.5 Å². The third kappa shape index (κ3) is 3.90. The number of nitrogens with one attached hydrogen (secondary N) is 1. The summed E-state index contributed by atoms with van der Waals surface area (Å²) in [7, 11) is 0. The Hall–Kier alpha value is -2.61. The summed E-state index contributed by atoms with van der Waals surface area (Å²) in [6, 6.07) is 8.08. The van der Waals surface area contributed by atoms with Crippen molar-refractivity contribution < 1.29 is 13.6 Å². The second kappa shape index (κ2) is 7.10. The summed E-state index contributed by atoms with van der Waals surface area (Å²) in [5.41, 5.74) is 0.140. The molecular weight excluding hydrogens is 396 g/mol. The molecule has 0 aliphatic rings. The maximum absolute atomic E-state index is 13.7. The summed E-state index contributed by atoms with van der Waals surface area (Å²) in [6.07, 6.45) is 1.22. The number of amides is 1. The number of halogens is 3. The fraction of sp³-hybridized carbons (Fsp3) is 0.118. The third-order valence-electron chi connectivity index (χ3n) is 3.58. The van der Waals surface area contributed by atoms with Gasteiger partial charge in [-0.1, -0.05) is 15.9 Å². The van der Waals surface area contributed by atoms with Gasteiger partial charge in [-0.3, -0.25) is 14.2 Å². The summed E-state index contributed by atoms with van der Waals surface area (Å²) >= 11 is 3.23. The maximum Gasteiger partial charge on any atom is 0.261 e. The maximum atomic E-state index is 13.7. The first-order valence-electron chi connectivity index (χ1n) is 7.29. The van der Waals surface area contributed by atoms with Crippen LogP contribution < -0.4 is 10.9 Å². The summed E-state index contributed by atoms with van der Waals surface area (Å²) < 4.78 is 28.7. The monoisotopic (exact) mass is 407 g/mol. The van der Waals surface area contributed by atoms with Gasteiger partial charge >= 0.3 is 0 Å². The fourth-order valence-corrected chi connectivity index (χ4v) is 2.74. The van der Waals surface area contributed by atoms with Crippen LogP contribution in [0.15, 0.2) is 52.0 Å². The van der Waals surface area contributed by atoms with Crippen LogP contribution in [-0.2, 0) is 17.9 Å². The van der Waals surface area contributed by atoms with Crippen LogP contribution in [0.5, 0.6) is 0 Å². The minimum Gasteiger partial charge on any atom is -0.350 e. The molecular formula is C17H12BrF2N3O2. The zero-order chi connectivity index (χ0) is 18.0. The zero-order valence-electron chi connectivity index (χ0n) is 12.8. The Kier molecular flexibility index (Phi) is 4.89. The summed E-state index contributed by atoms with van der Waals surface area (Å²) in [6.45, 7) is -0.317. The average Bonchev–Trinajstić information content (AvgIpc) is 2.58. The van der Waals surface area contributed by atoms with Crippen LogP contribution in [0.25, 0.3) is 10.9 Å². The second-order valence-electron chi connectivity index (χ2n) is 5.35. The SMILES string of the molecule is O=C(Cn1cnc2ccc(F)cc2c1=O)NCc1cc(Br)ccc1F. The van der Waals surface area contributed by atoms with E-state index in [0.717, 1.165) is 10.6 Å². The zero-order valence-corrected chi connectivity index (χ0v) is 14.4. The van der Waals surface area contributed by atoms with Crippen molar-refractivity contribution in [1.82, 2.24) is 14.9 Å². The molecule has 0 spiro atoms. The van der Waals surface area contributed by atoms with Crippen molar-refractivity contribution in [1.29, 1.82) is 0 Å². The van der Waals surface area contributed by atoms with E-state index < -0.39 is 23.1 Å². The standard InChI is InChI=1S/C17H12BrF2N3O2/c18-11-1-3-14(20)10(5-11)7-21-16(24)8-23-9-22-15-4-2-12(19)6-13(15)17(23)25/h1-6,9H,7-8H2,(H,21,24). The van der Waals surface area contributed by atoms with Crippen molar-refractivity contribution in [2.45, 2.75) is 13.1 Å². The first-order chi connectivity index (χ1) is 11.9. The van der Waals surface area contributed by atoms with Gasteiger partial charge in [-0.25, -0.2) is 13.8 Å². The molecule has 1 N–H and O–H groups in total. The number of fused-ring (bicyclic) bond motifs is 1. The van der Waals surface area contributed by atoms with E-state index in [1.54, 1.807) is 12.1 Å². The second-order valence-corrected chi connectivity index (χ2v) is 6.27. The van der Waals surface area contributed by atoms with Crippen molar-refractivity contribution >= 4 is 32.7 Å². The fourth-order valence-electron chi connectivity index (χ4n) is 2.33. The van der Waals surface area contributed by atoms with Crippen LogP contribution in [0, 0.1) is 11.6 Å². The summed E-state index contributed by atoms with van der Waals surface area (Å²) in [5.74, 6) is -1.48. The Labute approximate surface area is 149 Å². The molecule has 8 heteroatoms. The van der Waals surface area contributed by atoms with Gasteiger partial charge in [0.2, 0.25) is 5.91 Å². The highest BCUT2D eigenvalue weighted by molar-refractivity contribution is 9.10. The molecule has 0 aliphatic carbocycles. The number of nitrogens with zero attached hydrogens (tertiary/aromatic N) is 2. The van der Waals surface area contributed by atoms with E-state index in [9.17, 15) is 18.4 Å². The topological polar surface area (TPSA) is 64.0 Å². The highest BCUT2D eigenvalue weighted by Crippen LogP contribution is 2.15. The van der Waals surface area contributed by atoms with Crippen molar-refractivity contribution in [3.63, 3.8) is 0 Å². The molecule has 0 bridgehead atoms. The number of benzene rings is 2. The lowest BCUT2D eigenvalue weighted by Gasteiger charge is -2.09. The normalized spacial score (nSPS) is 10.8. The lowest BCUT2D eigenvalue weighted by atomic mass is 10.2. The number of aromatic nitrogens is 2. The Balaban J connectivity index is 1.75. The molecule has 0 atom stereocenters. The van der Waals surface area contributed by atoms with Gasteiger partial charge in [0, 0.05) is 16.6 Å². The van der Waals surface area contributed by atoms with Gasteiger partial charge in [0.15, 0.2) is 0 Å². The number of carbonyl (C=O) groups excluding carboxylic acids is 1. The van der Waals surface area contributed by atoms with Crippen molar-refractivity contribution in [3.8, 4) is 0 Å². The van der Waals surface area contributed by atoms with Gasteiger partial charge < -0.3 is 5.32 Å². The van der Waals surface area contributed by atoms with Crippen LogP contribution in [0.1, 0.15) is 5.56 Å². The van der Waals surface area contributed by atoms with E-state index in [2.05, 4.69) is 26.2 Å². The Morgan fingerprint density at radius 2 is 2.00 bits per heavy atom. The molecule has 0 fully saturated rings. The third-order valence-corrected chi connectivity index (χ3v) is 4.08. The molecule has 25 heavy (non-hydrogen) atoms. The van der Waals surface area contributed by atoms with E-state index >= 15 is 0 Å². The Morgan fingerprint density at radius 1 is 1.20 bits per heavy atom. The molecule has 5 nitrogen and oxygen atoms in total. The predicted molar refractivity (Wildman–Crippen MR) is 91.9 cm³/mol. The minimum absolute atomic E-state index is 0.0194. The van der Waals surface area contributed by atoms with Gasteiger partial charge in [0.1, 0.15) is 18.2 Å². The van der Waals surface area contributed by atoms with Crippen LogP contribution in [0.3, 0.4) is 0 Å². The highest BCUT2D eigenvalue weighted by atomic mass is 79.9. The molecule has 1 amide bonds. The lowest BCUT2D eigenvalue weighted by molar-refractivity contribution is -0.121. The first-order valence-corrected chi connectivity index (χ1v) is 8.08. The number of hydrogen-bond acceptors (Lipinski definition) is 3. The van der Waals surface area contributed by atoms with Crippen molar-refractivity contribution in [2.75, 3.05) is 0 Å². The summed E-state index contributed by atoms with van der Waals surface area (Å²) in [4.78, 5) is 28.4. The van der Waals surface area contributed by atoms with Crippen LogP contribution in [0.2, 0.25) is 0 Å². The van der Waals surface area contributed by atoms with Crippen molar-refractivity contribution in [2.24, 2.45) is 0 Å². The van der Waals surface area contributed by atoms with Gasteiger partial charge in [0.05, 0.1) is 17.2 Å². The summed E-state index contributed by atoms with van der Waals surface area (Å²) in [5, 5.41) is 2.63. The Bertz CT molecular complexity index is 1020. The number of carbonyl (C=O) groups is 1. The van der Waals surface area contributed by atoms with Gasteiger partial charge in [-0.05, 0) is 36.4 Å². The van der Waals surface area contributed by atoms with Crippen LogP contribution in [-0.4, -0.2) is 15.5 Å². The lowest BCUT2D eigenvalue weighted by Crippen LogP contribution is -2.32. The molecule has 0 unspecified atom stereocenters. The largest absolute Gasteiger partial charge is 0.350 e. The van der Waals surface area contributed by atoms with Gasteiger partial charge in [0.25, 0.3) is 5.56 Å². The van der Waals surface area contributed by atoms with E-state index in [4.69, 9.17) is 0 Å². The number of hydrogen-bond donors (Lipinski definition) is 1. The highest BCUT2D eigenvalue weighted by Gasteiger charge is 2.10. The minimum atomic E-state index is -0.557. The Morgan fingerprint density at radius 3 is 2.80 bits per heavy atom. The molecule has 3 rings (SSSR count). The molecule has 0 saturated heterocycles. The molecule has 3 aromatic rings. The molecule has 2 aromatic carbocycles. The van der Waals surface area contributed by atoms with Crippen LogP contribution in [0.4, 0.5) is 8.78 Å². The van der Waals surface area contributed by atoms with E-state index in [-0.39, 0.29) is 18.5 Å². The first kappa shape index (κ1) is 17.2. The quantitative estimate of drug-likeness (QED) is 0.722. The molecule has 1 heterocycles. The molecule has 1 aromatic heterocycles. The molecule has 128 valence electrons. The number of rotatable bonds is 4. The van der Waals surface area contributed by atoms with Gasteiger partial charge in [-0.15, -0.1) is 0 Å². The van der Waals surface area contributed by atoms with E-state index in [0.29, 0.717) is 15.6 Å². The van der Waals surface area contributed by atoms with Gasteiger partial charge in [-0.2, -0.15) is 0 Å². The molecule has 0 saturated carbocycles. The molecule has 0 radical (unpaired) electrons.